The molecule has 5 heteroatoms. The molecule has 1 saturated carbocycles. The van der Waals surface area contributed by atoms with E-state index in [0.717, 1.165) is 12.8 Å². The number of ether oxygens (including phenoxy) is 1. The summed E-state index contributed by atoms with van der Waals surface area (Å²) in [5.74, 6) is 0.490. The molecule has 1 aliphatic carbocycles. The fraction of sp³-hybridized carbons (Fsp3) is 0.529. The molecule has 1 aromatic rings. The number of amides is 2. The molecule has 0 bridgehead atoms. The number of carbonyl (C=O) groups is 2. The van der Waals surface area contributed by atoms with E-state index >= 15 is 0 Å². The molecule has 0 aromatic heterocycles. The molecule has 2 rings (SSSR count). The highest BCUT2D eigenvalue weighted by Crippen LogP contribution is 2.32. The molecule has 5 nitrogen and oxygen atoms in total. The molecule has 0 heterocycles. The fourth-order valence-corrected chi connectivity index (χ4v) is 2.35. The first-order chi connectivity index (χ1) is 10.4. The second kappa shape index (κ2) is 6.81. The minimum Gasteiger partial charge on any atom is -0.484 e. The number of primary amides is 1. The van der Waals surface area contributed by atoms with Gasteiger partial charge in [0.2, 0.25) is 0 Å². The summed E-state index contributed by atoms with van der Waals surface area (Å²) >= 11 is 0. The summed E-state index contributed by atoms with van der Waals surface area (Å²) in [7, 11) is 0. The van der Waals surface area contributed by atoms with Gasteiger partial charge in [0.05, 0.1) is 0 Å². The van der Waals surface area contributed by atoms with Gasteiger partial charge in [-0.15, -0.1) is 0 Å². The first-order valence-electron chi connectivity index (χ1n) is 7.74. The van der Waals surface area contributed by atoms with Crippen molar-refractivity contribution in [2.45, 2.75) is 45.7 Å². The Morgan fingerprint density at radius 1 is 1.23 bits per heavy atom. The molecule has 120 valence electrons. The highest BCUT2D eigenvalue weighted by Gasteiger charge is 2.36. The molecule has 2 amide bonds. The van der Waals surface area contributed by atoms with Crippen LogP contribution in [0.2, 0.25) is 0 Å². The Hall–Kier alpha value is -2.04. The quantitative estimate of drug-likeness (QED) is 0.839. The van der Waals surface area contributed by atoms with Gasteiger partial charge in [0.1, 0.15) is 5.75 Å². The van der Waals surface area contributed by atoms with Gasteiger partial charge in [0, 0.05) is 17.6 Å². The molecule has 1 aromatic carbocycles. The van der Waals surface area contributed by atoms with Gasteiger partial charge in [-0.1, -0.05) is 13.8 Å². The molecule has 1 atom stereocenters. The van der Waals surface area contributed by atoms with Crippen molar-refractivity contribution < 1.29 is 14.3 Å². The standard InChI is InChI=1S/C17H24N2O3/c1-11(2)12(3)19(14-6-7-14)17(21)13-4-8-15(9-5-13)22-10-16(18)20/h4-5,8-9,11-12,14H,6-7,10H2,1-3H3,(H2,18,20). The Morgan fingerprint density at radius 2 is 1.82 bits per heavy atom. The average molecular weight is 304 g/mol. The van der Waals surface area contributed by atoms with E-state index in [1.807, 2.05) is 4.90 Å². The van der Waals surface area contributed by atoms with Gasteiger partial charge in [-0.25, -0.2) is 0 Å². The summed E-state index contributed by atoms with van der Waals surface area (Å²) in [5.41, 5.74) is 5.68. The van der Waals surface area contributed by atoms with Crippen molar-refractivity contribution in [1.29, 1.82) is 0 Å². The Morgan fingerprint density at radius 3 is 2.27 bits per heavy atom. The van der Waals surface area contributed by atoms with Gasteiger partial charge in [-0.2, -0.15) is 0 Å². The molecule has 0 aliphatic heterocycles. The van der Waals surface area contributed by atoms with Crippen LogP contribution in [-0.2, 0) is 4.79 Å². The number of nitrogens with two attached hydrogens (primary N) is 1. The van der Waals surface area contributed by atoms with E-state index < -0.39 is 5.91 Å². The highest BCUT2D eigenvalue weighted by atomic mass is 16.5. The summed E-state index contributed by atoms with van der Waals surface area (Å²) in [4.78, 5) is 25.5. The second-order valence-corrected chi connectivity index (χ2v) is 6.21. The summed E-state index contributed by atoms with van der Waals surface area (Å²) in [6, 6.07) is 7.45. The predicted octanol–water partition coefficient (Wildman–Crippen LogP) is 2.20. The average Bonchev–Trinajstić information content (AvgIpc) is 3.30. The highest BCUT2D eigenvalue weighted by molar-refractivity contribution is 5.95. The normalized spacial score (nSPS) is 15.5. The van der Waals surface area contributed by atoms with Crippen molar-refractivity contribution in [2.24, 2.45) is 11.7 Å². The third-order valence-corrected chi connectivity index (χ3v) is 4.06. The Kier molecular flexibility index (Phi) is 5.06. The van der Waals surface area contributed by atoms with Crippen molar-refractivity contribution in [3.63, 3.8) is 0 Å². The second-order valence-electron chi connectivity index (χ2n) is 6.21. The smallest absolute Gasteiger partial charge is 0.255 e. The third kappa shape index (κ3) is 4.00. The number of nitrogens with zero attached hydrogens (tertiary/aromatic N) is 1. The largest absolute Gasteiger partial charge is 0.484 e. The molecular formula is C17H24N2O3. The Labute approximate surface area is 131 Å². The van der Waals surface area contributed by atoms with Crippen LogP contribution in [0.25, 0.3) is 0 Å². The van der Waals surface area contributed by atoms with E-state index in [-0.39, 0.29) is 18.6 Å². The lowest BCUT2D eigenvalue weighted by Crippen LogP contribution is -2.43. The van der Waals surface area contributed by atoms with Crippen LogP contribution in [0.15, 0.2) is 24.3 Å². The number of hydrogen-bond donors (Lipinski definition) is 1. The number of benzene rings is 1. The van der Waals surface area contributed by atoms with Crippen LogP contribution in [0.5, 0.6) is 5.75 Å². The maximum atomic E-state index is 12.8. The van der Waals surface area contributed by atoms with Crippen LogP contribution >= 0.6 is 0 Å². The lowest BCUT2D eigenvalue weighted by molar-refractivity contribution is -0.119. The summed E-state index contributed by atoms with van der Waals surface area (Å²) < 4.78 is 5.21. The maximum absolute atomic E-state index is 12.8. The van der Waals surface area contributed by atoms with Crippen molar-refractivity contribution >= 4 is 11.8 Å². The van der Waals surface area contributed by atoms with Gasteiger partial charge in [-0.05, 0) is 49.9 Å². The number of rotatable bonds is 7. The first-order valence-corrected chi connectivity index (χ1v) is 7.74. The molecular weight excluding hydrogens is 280 g/mol. The Balaban J connectivity index is 2.08. The zero-order chi connectivity index (χ0) is 16.3. The molecule has 1 aliphatic rings. The predicted molar refractivity (Wildman–Crippen MR) is 84.6 cm³/mol. The van der Waals surface area contributed by atoms with Crippen LogP contribution in [0.3, 0.4) is 0 Å². The zero-order valence-electron chi connectivity index (χ0n) is 13.4. The molecule has 0 spiro atoms. The van der Waals surface area contributed by atoms with Gasteiger partial charge >= 0.3 is 0 Å². The minimum absolute atomic E-state index is 0.0603. The van der Waals surface area contributed by atoms with E-state index in [0.29, 0.717) is 23.3 Å². The SMILES string of the molecule is CC(C)C(C)N(C(=O)c1ccc(OCC(N)=O)cc1)C1CC1. The van der Waals surface area contributed by atoms with Gasteiger partial charge in [0.25, 0.3) is 11.8 Å². The lowest BCUT2D eigenvalue weighted by atomic mass is 10.0. The van der Waals surface area contributed by atoms with E-state index in [1.54, 1.807) is 24.3 Å². The molecule has 2 N–H and O–H groups in total. The van der Waals surface area contributed by atoms with E-state index in [2.05, 4.69) is 20.8 Å². The summed E-state index contributed by atoms with van der Waals surface area (Å²) in [6.07, 6.45) is 2.17. The third-order valence-electron chi connectivity index (χ3n) is 4.06. The van der Waals surface area contributed by atoms with Crippen molar-refractivity contribution in [3.05, 3.63) is 29.8 Å². The minimum atomic E-state index is -0.522. The van der Waals surface area contributed by atoms with Gasteiger partial charge in [0.15, 0.2) is 6.61 Å². The maximum Gasteiger partial charge on any atom is 0.255 e. The summed E-state index contributed by atoms with van der Waals surface area (Å²) in [6.45, 7) is 6.21. The van der Waals surface area contributed by atoms with Crippen LogP contribution in [0.4, 0.5) is 0 Å². The van der Waals surface area contributed by atoms with Crippen LogP contribution in [-0.4, -0.2) is 35.4 Å². The van der Waals surface area contributed by atoms with E-state index in [1.165, 1.54) is 0 Å². The molecule has 0 saturated heterocycles. The number of hydrogen-bond acceptors (Lipinski definition) is 3. The topological polar surface area (TPSA) is 72.6 Å². The van der Waals surface area contributed by atoms with Crippen molar-refractivity contribution in [3.8, 4) is 5.75 Å². The van der Waals surface area contributed by atoms with Gasteiger partial charge in [-0.3, -0.25) is 9.59 Å². The molecule has 1 fully saturated rings. The van der Waals surface area contributed by atoms with Crippen LogP contribution in [0, 0.1) is 5.92 Å². The molecule has 22 heavy (non-hydrogen) atoms. The zero-order valence-corrected chi connectivity index (χ0v) is 13.4. The van der Waals surface area contributed by atoms with Crippen LogP contribution in [0.1, 0.15) is 44.0 Å². The molecule has 1 unspecified atom stereocenters. The first kappa shape index (κ1) is 16.3. The van der Waals surface area contributed by atoms with Gasteiger partial charge < -0.3 is 15.4 Å². The lowest BCUT2D eigenvalue weighted by Gasteiger charge is -2.32. The molecule has 0 radical (unpaired) electrons. The van der Waals surface area contributed by atoms with E-state index in [4.69, 9.17) is 10.5 Å². The Bertz CT molecular complexity index is 535. The van der Waals surface area contributed by atoms with E-state index in [9.17, 15) is 9.59 Å². The van der Waals surface area contributed by atoms with Crippen LogP contribution < -0.4 is 10.5 Å². The van der Waals surface area contributed by atoms with Crippen molar-refractivity contribution in [2.75, 3.05) is 6.61 Å². The number of carbonyl (C=O) groups excluding carboxylic acids is 2. The monoisotopic (exact) mass is 304 g/mol. The summed E-state index contributed by atoms with van der Waals surface area (Å²) in [5, 5.41) is 0. The fourth-order valence-electron chi connectivity index (χ4n) is 2.35. The van der Waals surface area contributed by atoms with Crippen molar-refractivity contribution in [1.82, 2.24) is 4.90 Å².